The third-order valence-corrected chi connectivity index (χ3v) is 3.13. The lowest BCUT2D eigenvalue weighted by Gasteiger charge is -2.14. The van der Waals surface area contributed by atoms with Crippen LogP contribution >= 0.6 is 0 Å². The molecule has 0 radical (unpaired) electrons. The van der Waals surface area contributed by atoms with Gasteiger partial charge in [0.25, 0.3) is 5.91 Å². The molecule has 0 saturated carbocycles. The SMILES string of the molecule is CCn1cc(C(=O)Nc2cc(C(F)(F)F)ccc2NC(C)=O)cn1. The fourth-order valence-corrected chi connectivity index (χ4v) is 1.97. The second-order valence-corrected chi connectivity index (χ2v) is 4.98. The molecule has 0 fully saturated rings. The van der Waals surface area contributed by atoms with E-state index in [2.05, 4.69) is 15.7 Å². The van der Waals surface area contributed by atoms with Crippen LogP contribution in [-0.4, -0.2) is 21.6 Å². The number of benzene rings is 1. The Morgan fingerprint density at radius 1 is 1.21 bits per heavy atom. The van der Waals surface area contributed by atoms with Gasteiger partial charge < -0.3 is 10.6 Å². The van der Waals surface area contributed by atoms with Crippen molar-refractivity contribution in [3.8, 4) is 0 Å². The van der Waals surface area contributed by atoms with Crippen molar-refractivity contribution in [3.05, 3.63) is 41.7 Å². The van der Waals surface area contributed by atoms with E-state index in [0.29, 0.717) is 6.54 Å². The second kappa shape index (κ2) is 6.73. The fraction of sp³-hybridized carbons (Fsp3) is 0.267. The zero-order chi connectivity index (χ0) is 17.9. The average molecular weight is 340 g/mol. The molecule has 128 valence electrons. The van der Waals surface area contributed by atoms with Crippen LogP contribution in [0.2, 0.25) is 0 Å². The highest BCUT2D eigenvalue weighted by molar-refractivity contribution is 6.07. The van der Waals surface area contributed by atoms with Crippen molar-refractivity contribution < 1.29 is 22.8 Å². The molecule has 0 bridgehead atoms. The Balaban J connectivity index is 2.34. The zero-order valence-electron chi connectivity index (χ0n) is 12.9. The van der Waals surface area contributed by atoms with Gasteiger partial charge in [-0.2, -0.15) is 18.3 Å². The Bertz CT molecular complexity index is 768. The Kier molecular flexibility index (Phi) is 4.91. The summed E-state index contributed by atoms with van der Waals surface area (Å²) in [6.45, 7) is 3.60. The van der Waals surface area contributed by atoms with Crippen molar-refractivity contribution >= 4 is 23.2 Å². The minimum absolute atomic E-state index is 0.0757. The first-order valence-corrected chi connectivity index (χ1v) is 7.03. The molecule has 1 heterocycles. The Labute approximate surface area is 135 Å². The van der Waals surface area contributed by atoms with E-state index in [1.54, 1.807) is 0 Å². The molecule has 6 nitrogen and oxygen atoms in total. The van der Waals surface area contributed by atoms with Crippen molar-refractivity contribution in [1.29, 1.82) is 0 Å². The standard InChI is InChI=1S/C15H15F3N4O2/c1-3-22-8-10(7-19-22)14(24)21-13-6-11(15(16,17)18)4-5-12(13)20-9(2)23/h4-8H,3H2,1-2H3,(H,20,23)(H,21,24). The number of anilines is 2. The van der Waals surface area contributed by atoms with Gasteiger partial charge in [0.2, 0.25) is 5.91 Å². The number of amides is 2. The van der Waals surface area contributed by atoms with Gasteiger partial charge >= 0.3 is 6.18 Å². The molecule has 2 N–H and O–H groups in total. The molecule has 0 aliphatic heterocycles. The minimum atomic E-state index is -4.57. The fourth-order valence-electron chi connectivity index (χ4n) is 1.97. The molecule has 0 aliphatic carbocycles. The van der Waals surface area contributed by atoms with Crippen LogP contribution in [0.15, 0.2) is 30.6 Å². The molecule has 1 aromatic carbocycles. The molecule has 0 spiro atoms. The number of nitrogens with one attached hydrogen (secondary N) is 2. The lowest BCUT2D eigenvalue weighted by Crippen LogP contribution is -2.16. The van der Waals surface area contributed by atoms with Gasteiger partial charge in [-0.15, -0.1) is 0 Å². The van der Waals surface area contributed by atoms with Gasteiger partial charge in [0.05, 0.1) is 28.7 Å². The first kappa shape index (κ1) is 17.5. The zero-order valence-corrected chi connectivity index (χ0v) is 12.9. The third kappa shape index (κ3) is 4.12. The predicted octanol–water partition coefficient (Wildman–Crippen LogP) is 3.13. The van der Waals surface area contributed by atoms with Crippen LogP contribution in [0.4, 0.5) is 24.5 Å². The first-order chi connectivity index (χ1) is 11.2. The molecular formula is C15H15F3N4O2. The molecule has 2 aromatic rings. The molecule has 24 heavy (non-hydrogen) atoms. The molecular weight excluding hydrogens is 325 g/mol. The molecule has 2 amide bonds. The third-order valence-electron chi connectivity index (χ3n) is 3.13. The first-order valence-electron chi connectivity index (χ1n) is 7.03. The quantitative estimate of drug-likeness (QED) is 0.898. The van der Waals surface area contributed by atoms with Crippen LogP contribution in [0.1, 0.15) is 29.8 Å². The summed E-state index contributed by atoms with van der Waals surface area (Å²) >= 11 is 0. The van der Waals surface area contributed by atoms with Crippen LogP contribution in [0.25, 0.3) is 0 Å². The number of halogens is 3. The Morgan fingerprint density at radius 2 is 1.92 bits per heavy atom. The van der Waals surface area contributed by atoms with Gasteiger partial charge in [0, 0.05) is 19.7 Å². The van der Waals surface area contributed by atoms with Crippen molar-refractivity contribution in [2.24, 2.45) is 0 Å². The summed E-state index contributed by atoms with van der Waals surface area (Å²) in [7, 11) is 0. The topological polar surface area (TPSA) is 76.0 Å². The Morgan fingerprint density at radius 3 is 2.46 bits per heavy atom. The van der Waals surface area contributed by atoms with Gasteiger partial charge in [-0.1, -0.05) is 0 Å². The summed E-state index contributed by atoms with van der Waals surface area (Å²) in [6.07, 6.45) is -1.78. The maximum Gasteiger partial charge on any atom is 0.416 e. The van der Waals surface area contributed by atoms with E-state index < -0.39 is 23.6 Å². The summed E-state index contributed by atoms with van der Waals surface area (Å²) in [6, 6.07) is 2.69. The van der Waals surface area contributed by atoms with Crippen LogP contribution in [0.3, 0.4) is 0 Å². The number of carbonyl (C=O) groups excluding carboxylic acids is 2. The van der Waals surface area contributed by atoms with Crippen LogP contribution in [0.5, 0.6) is 0 Å². The van der Waals surface area contributed by atoms with Gasteiger partial charge in [0.15, 0.2) is 0 Å². The highest BCUT2D eigenvalue weighted by Crippen LogP contribution is 2.34. The summed E-state index contributed by atoms with van der Waals surface area (Å²) in [4.78, 5) is 23.4. The van der Waals surface area contributed by atoms with Crippen molar-refractivity contribution in [2.75, 3.05) is 10.6 Å². The number of alkyl halides is 3. The van der Waals surface area contributed by atoms with Crippen LogP contribution in [0, 0.1) is 0 Å². The average Bonchev–Trinajstić information content (AvgIpc) is 2.96. The number of aryl methyl sites for hydroxylation is 1. The highest BCUT2D eigenvalue weighted by atomic mass is 19.4. The monoisotopic (exact) mass is 340 g/mol. The van der Waals surface area contributed by atoms with E-state index >= 15 is 0 Å². The minimum Gasteiger partial charge on any atom is -0.325 e. The van der Waals surface area contributed by atoms with Gasteiger partial charge in [-0.25, -0.2) is 0 Å². The second-order valence-electron chi connectivity index (χ2n) is 4.98. The van der Waals surface area contributed by atoms with Crippen LogP contribution < -0.4 is 10.6 Å². The van der Waals surface area contributed by atoms with Gasteiger partial charge in [-0.3, -0.25) is 14.3 Å². The maximum atomic E-state index is 12.9. The number of hydrogen-bond donors (Lipinski definition) is 2. The lowest BCUT2D eigenvalue weighted by molar-refractivity contribution is -0.137. The largest absolute Gasteiger partial charge is 0.416 e. The summed E-state index contributed by atoms with van der Waals surface area (Å²) in [5, 5.41) is 8.69. The van der Waals surface area contributed by atoms with E-state index in [9.17, 15) is 22.8 Å². The predicted molar refractivity (Wildman–Crippen MR) is 81.6 cm³/mol. The van der Waals surface area contributed by atoms with E-state index in [-0.39, 0.29) is 16.9 Å². The molecule has 0 saturated heterocycles. The van der Waals surface area contributed by atoms with Crippen molar-refractivity contribution in [2.45, 2.75) is 26.6 Å². The maximum absolute atomic E-state index is 12.9. The summed E-state index contributed by atoms with van der Waals surface area (Å²) in [5.41, 5.74) is -0.805. The molecule has 9 heteroatoms. The number of hydrogen-bond acceptors (Lipinski definition) is 3. The molecule has 0 atom stereocenters. The van der Waals surface area contributed by atoms with E-state index in [1.165, 1.54) is 24.0 Å². The molecule has 0 aliphatic rings. The molecule has 0 unspecified atom stereocenters. The summed E-state index contributed by atoms with van der Waals surface area (Å²) < 4.78 is 40.1. The van der Waals surface area contributed by atoms with Crippen molar-refractivity contribution in [1.82, 2.24) is 9.78 Å². The Hall–Kier alpha value is -2.84. The van der Waals surface area contributed by atoms with E-state index in [1.807, 2.05) is 6.92 Å². The van der Waals surface area contributed by atoms with Crippen molar-refractivity contribution in [3.63, 3.8) is 0 Å². The van der Waals surface area contributed by atoms with Crippen LogP contribution in [-0.2, 0) is 17.5 Å². The smallest absolute Gasteiger partial charge is 0.325 e. The molecule has 1 aromatic heterocycles. The van der Waals surface area contributed by atoms with E-state index in [4.69, 9.17) is 0 Å². The molecule has 2 rings (SSSR count). The number of rotatable bonds is 4. The number of nitrogens with zero attached hydrogens (tertiary/aromatic N) is 2. The van der Waals surface area contributed by atoms with Gasteiger partial charge in [-0.05, 0) is 25.1 Å². The number of aromatic nitrogens is 2. The summed E-state index contributed by atoms with van der Waals surface area (Å²) in [5.74, 6) is -1.09. The van der Waals surface area contributed by atoms with E-state index in [0.717, 1.165) is 18.2 Å². The number of carbonyl (C=O) groups is 2. The lowest BCUT2D eigenvalue weighted by atomic mass is 10.1. The van der Waals surface area contributed by atoms with Gasteiger partial charge in [0.1, 0.15) is 0 Å². The normalized spacial score (nSPS) is 11.2. The highest BCUT2D eigenvalue weighted by Gasteiger charge is 2.31.